The maximum Gasteiger partial charge on any atom is 0.432 e. The van der Waals surface area contributed by atoms with Crippen LogP contribution in [0.2, 0.25) is 0 Å². The number of hydrogen-bond acceptors (Lipinski definition) is 16. The molecule has 0 saturated heterocycles. The number of nitrogens with one attached hydrogen (secondary N) is 6. The molecule has 1 heterocycles. The first-order chi connectivity index (χ1) is 30.4. The minimum atomic E-state index is -1.17. The largest absolute Gasteiger partial charge is 0.492 e. The Morgan fingerprint density at radius 3 is 1.97 bits per heavy atom. The van der Waals surface area contributed by atoms with Crippen molar-refractivity contribution in [3.05, 3.63) is 71.8 Å². The lowest BCUT2D eigenvalue weighted by Gasteiger charge is -2.21. The number of rotatable bonds is 25. The number of unbranched alkanes of at least 4 members (excludes halogenated alkanes) is 1. The van der Waals surface area contributed by atoms with Gasteiger partial charge in [0.1, 0.15) is 31.9 Å². The van der Waals surface area contributed by atoms with E-state index in [1.807, 2.05) is 55.5 Å². The Labute approximate surface area is 369 Å². The third-order valence-electron chi connectivity index (χ3n) is 8.83. The zero-order valence-electron chi connectivity index (χ0n) is 34.1. The second-order valence-electron chi connectivity index (χ2n) is 13.3. The quantitative estimate of drug-likeness (QED) is 0.0254. The summed E-state index contributed by atoms with van der Waals surface area (Å²) in [5, 5.41) is 31.2. The van der Waals surface area contributed by atoms with Gasteiger partial charge in [0.15, 0.2) is 6.61 Å². The number of alkyl carbamates (subject to hydrolysis) is 2. The zero-order valence-corrected chi connectivity index (χ0v) is 35.8. The SMILES string of the molecule is CCSSC[C@H](NC(=O)[C@H](CCCCNC(=O)CONC(=O)OCC1c2ccccc2-c2ccccc21)NC(=O)OCCNC(=O)OCCNC(=O)On1c(O)ccc1O)C(N)=O. The second-order valence-corrected chi connectivity index (χ2v) is 16.1. The number of primary amides is 1. The highest BCUT2D eigenvalue weighted by molar-refractivity contribution is 8.76. The van der Waals surface area contributed by atoms with E-state index in [9.17, 15) is 43.8 Å². The molecule has 7 amide bonds. The smallest absolute Gasteiger partial charge is 0.432 e. The Balaban J connectivity index is 1.12. The fraction of sp³-hybridized carbons (Fsp3) is 0.410. The van der Waals surface area contributed by atoms with Crippen LogP contribution in [0.5, 0.6) is 11.8 Å². The minimum absolute atomic E-state index is 0.0659. The van der Waals surface area contributed by atoms with Gasteiger partial charge < -0.3 is 61.6 Å². The van der Waals surface area contributed by atoms with Crippen molar-refractivity contribution < 1.29 is 67.7 Å². The molecule has 2 atom stereocenters. The van der Waals surface area contributed by atoms with Crippen LogP contribution in [-0.2, 0) is 33.4 Å². The Bertz CT molecular complexity index is 1970. The van der Waals surface area contributed by atoms with E-state index in [1.165, 1.54) is 21.6 Å². The second kappa shape index (κ2) is 26.1. The third-order valence-corrected chi connectivity index (χ3v) is 11.3. The lowest BCUT2D eigenvalue weighted by molar-refractivity contribution is -0.128. The molecule has 22 nitrogen and oxygen atoms in total. The van der Waals surface area contributed by atoms with Gasteiger partial charge in [0.25, 0.3) is 0 Å². The van der Waals surface area contributed by atoms with E-state index < -0.39 is 72.5 Å². The molecule has 2 aromatic carbocycles. The van der Waals surface area contributed by atoms with Crippen LogP contribution >= 0.6 is 21.6 Å². The number of nitrogens with two attached hydrogens (primary N) is 1. The molecule has 1 aromatic heterocycles. The van der Waals surface area contributed by atoms with Crippen molar-refractivity contribution in [2.24, 2.45) is 5.73 Å². The molecule has 10 N–H and O–H groups in total. The van der Waals surface area contributed by atoms with E-state index in [0.717, 1.165) is 40.1 Å². The van der Waals surface area contributed by atoms with Crippen molar-refractivity contribution in [2.45, 2.75) is 44.2 Å². The number of hydroxylamine groups is 1. The monoisotopic (exact) mass is 918 g/mol. The molecule has 0 aliphatic heterocycles. The van der Waals surface area contributed by atoms with Crippen LogP contribution in [0.3, 0.4) is 0 Å². The Morgan fingerprint density at radius 1 is 0.714 bits per heavy atom. The van der Waals surface area contributed by atoms with Gasteiger partial charge in [-0.15, -0.1) is 4.73 Å². The average Bonchev–Trinajstić information content (AvgIpc) is 3.76. The molecule has 0 radical (unpaired) electrons. The molecular formula is C39H50N8O14S2. The van der Waals surface area contributed by atoms with Crippen LogP contribution in [0, 0.1) is 0 Å². The summed E-state index contributed by atoms with van der Waals surface area (Å²) < 4.78 is 15.8. The minimum Gasteiger partial charge on any atom is -0.492 e. The third kappa shape index (κ3) is 16.4. The summed E-state index contributed by atoms with van der Waals surface area (Å²) in [7, 11) is 2.81. The molecule has 3 aromatic rings. The zero-order chi connectivity index (χ0) is 45.6. The fourth-order valence-corrected chi connectivity index (χ4v) is 7.76. The molecule has 0 fully saturated rings. The first-order valence-electron chi connectivity index (χ1n) is 19.6. The van der Waals surface area contributed by atoms with Gasteiger partial charge in [-0.05, 0) is 41.5 Å². The van der Waals surface area contributed by atoms with Crippen molar-refractivity contribution >= 4 is 63.7 Å². The van der Waals surface area contributed by atoms with Crippen molar-refractivity contribution in [1.29, 1.82) is 0 Å². The maximum absolute atomic E-state index is 13.2. The average molecular weight is 919 g/mol. The maximum atomic E-state index is 13.2. The van der Waals surface area contributed by atoms with Gasteiger partial charge in [-0.1, -0.05) is 77.0 Å². The van der Waals surface area contributed by atoms with Crippen molar-refractivity contribution in [3.63, 3.8) is 0 Å². The van der Waals surface area contributed by atoms with E-state index in [2.05, 4.69) is 36.9 Å². The van der Waals surface area contributed by atoms with E-state index in [1.54, 1.807) is 0 Å². The van der Waals surface area contributed by atoms with Gasteiger partial charge in [-0.25, -0.2) is 19.2 Å². The first-order valence-corrected chi connectivity index (χ1v) is 22.1. The van der Waals surface area contributed by atoms with Crippen LogP contribution in [-0.4, -0.2) is 127 Å². The van der Waals surface area contributed by atoms with Gasteiger partial charge in [-0.2, -0.15) is 5.48 Å². The summed E-state index contributed by atoms with van der Waals surface area (Å²) in [6.45, 7) is 0.653. The van der Waals surface area contributed by atoms with Crippen molar-refractivity contribution in [1.82, 2.24) is 36.8 Å². The molecule has 4 rings (SSSR count). The van der Waals surface area contributed by atoms with E-state index >= 15 is 0 Å². The highest BCUT2D eigenvalue weighted by Gasteiger charge is 2.29. The highest BCUT2D eigenvalue weighted by atomic mass is 33.1. The number of ether oxygens (including phenoxy) is 3. The number of amides is 7. The summed E-state index contributed by atoms with van der Waals surface area (Å²) in [5.41, 5.74) is 11.9. The van der Waals surface area contributed by atoms with Crippen molar-refractivity contribution in [3.8, 4) is 22.9 Å². The normalized spacial score (nSPS) is 12.3. The lowest BCUT2D eigenvalue weighted by atomic mass is 9.98. The molecule has 1 aliphatic carbocycles. The summed E-state index contributed by atoms with van der Waals surface area (Å²) in [4.78, 5) is 96.1. The Hall–Kier alpha value is -6.53. The molecule has 0 spiro atoms. The summed E-state index contributed by atoms with van der Waals surface area (Å²) in [6, 6.07) is 15.8. The summed E-state index contributed by atoms with van der Waals surface area (Å²) in [6.07, 6.45) is -3.08. The topological polar surface area (TPSA) is 309 Å². The molecular weight excluding hydrogens is 869 g/mol. The van der Waals surface area contributed by atoms with Crippen molar-refractivity contribution in [2.75, 3.05) is 57.6 Å². The van der Waals surface area contributed by atoms with Gasteiger partial charge in [0.2, 0.25) is 29.5 Å². The Kier molecular flexibility index (Phi) is 20.3. The molecule has 0 saturated carbocycles. The number of aromatic hydroxyl groups is 2. The fourth-order valence-electron chi connectivity index (χ4n) is 5.92. The molecule has 24 heteroatoms. The first kappa shape index (κ1) is 49.1. The number of carbonyl (C=O) groups is 7. The van der Waals surface area contributed by atoms with Crippen LogP contribution in [0.15, 0.2) is 60.7 Å². The number of carbonyl (C=O) groups excluding carboxylic acids is 7. The van der Waals surface area contributed by atoms with Crippen LogP contribution in [0.25, 0.3) is 11.1 Å². The number of nitrogens with zero attached hydrogens (tertiary/aromatic N) is 1. The van der Waals surface area contributed by atoms with E-state index in [0.29, 0.717) is 17.6 Å². The lowest BCUT2D eigenvalue weighted by Crippen LogP contribution is -2.54. The molecule has 1 aliphatic rings. The van der Waals surface area contributed by atoms with Crippen LogP contribution in [0.4, 0.5) is 19.2 Å². The Morgan fingerprint density at radius 2 is 1.33 bits per heavy atom. The molecule has 0 bridgehead atoms. The van der Waals surface area contributed by atoms with Gasteiger partial charge in [-0.3, -0.25) is 19.2 Å². The molecule has 0 unspecified atom stereocenters. The molecule has 63 heavy (non-hydrogen) atoms. The summed E-state index contributed by atoms with van der Waals surface area (Å²) in [5.74, 6) is -2.25. The van der Waals surface area contributed by atoms with Gasteiger partial charge >= 0.3 is 24.4 Å². The predicted molar refractivity (Wildman–Crippen MR) is 228 cm³/mol. The number of benzene rings is 2. The highest BCUT2D eigenvalue weighted by Crippen LogP contribution is 2.44. The van der Waals surface area contributed by atoms with Gasteiger partial charge in [0.05, 0.1) is 13.1 Å². The summed E-state index contributed by atoms with van der Waals surface area (Å²) >= 11 is 0. The number of aromatic nitrogens is 1. The molecule has 342 valence electrons. The van der Waals surface area contributed by atoms with Gasteiger partial charge in [0, 0.05) is 36.1 Å². The standard InChI is InChI=1S/C39H50N8O14S2/c1-2-62-63-23-30(34(40)51)44-35(52)29(45-38(55)58-20-17-42-36(53)57-19-18-43-37(54)61-47-32(49)14-15-33(47)50)13-7-8-16-41-31(48)22-60-46-39(56)59-21-28-26-11-5-3-9-24(26)25-10-4-6-12-27(25)28/h3-6,9-12,14-15,28-30,49-50H,2,7-8,13,16-23H2,1H3,(H2,40,51)(H,41,48)(H,42,53)(H,43,54)(H,44,52)(H,45,55)(H,46,56)/t29-,30-/m0/s1. The van der Waals surface area contributed by atoms with E-state index in [4.69, 9.17) is 24.8 Å². The van der Waals surface area contributed by atoms with Crippen LogP contribution < -0.4 is 42.6 Å². The van der Waals surface area contributed by atoms with Crippen LogP contribution in [0.1, 0.15) is 43.2 Å². The predicted octanol–water partition coefficient (Wildman–Crippen LogP) is 1.99. The van der Waals surface area contributed by atoms with E-state index in [-0.39, 0.29) is 57.5 Å². The number of fused-ring (bicyclic) bond motifs is 3. The number of hydrogen-bond donors (Lipinski definition) is 9.